The van der Waals surface area contributed by atoms with Crippen LogP contribution in [0, 0.1) is 0 Å². The van der Waals surface area contributed by atoms with Crippen LogP contribution in [0.15, 0.2) is 73.3 Å². The maximum atomic E-state index is 11.3. The summed E-state index contributed by atoms with van der Waals surface area (Å²) in [4.78, 5) is 20.3. The lowest BCUT2D eigenvalue weighted by Crippen LogP contribution is -2.07. The second-order valence-corrected chi connectivity index (χ2v) is 5.88. The van der Waals surface area contributed by atoms with Gasteiger partial charge in [0.2, 0.25) is 11.9 Å². The van der Waals surface area contributed by atoms with Gasteiger partial charge in [-0.15, -0.1) is 6.58 Å². The van der Waals surface area contributed by atoms with Crippen molar-refractivity contribution >= 4 is 29.0 Å². The van der Waals surface area contributed by atoms with Gasteiger partial charge in [-0.25, -0.2) is 4.98 Å². The zero-order valence-electron chi connectivity index (χ0n) is 15.1. The lowest BCUT2D eigenvalue weighted by molar-refractivity contribution is -0.114. The summed E-state index contributed by atoms with van der Waals surface area (Å²) >= 11 is 0. The van der Waals surface area contributed by atoms with E-state index in [0.29, 0.717) is 18.3 Å². The third-order valence-electron chi connectivity index (χ3n) is 3.66. The van der Waals surface area contributed by atoms with E-state index >= 15 is 0 Å². The molecule has 2 aromatic carbocycles. The first kappa shape index (κ1) is 18.1. The molecule has 27 heavy (non-hydrogen) atoms. The fourth-order valence-electron chi connectivity index (χ4n) is 2.54. The Labute approximate surface area is 158 Å². The summed E-state index contributed by atoms with van der Waals surface area (Å²) in [6, 6.07) is 19.3. The van der Waals surface area contributed by atoms with Crippen molar-refractivity contribution < 1.29 is 4.79 Å². The number of rotatable bonds is 7. The summed E-state index contributed by atoms with van der Waals surface area (Å²) in [5.74, 6) is 1.05. The van der Waals surface area contributed by atoms with Crippen molar-refractivity contribution in [2.75, 3.05) is 22.5 Å². The third-order valence-corrected chi connectivity index (χ3v) is 3.66. The second-order valence-electron chi connectivity index (χ2n) is 5.88. The highest BCUT2D eigenvalue weighted by atomic mass is 16.1. The Morgan fingerprint density at radius 1 is 1.04 bits per heavy atom. The minimum Gasteiger partial charge on any atom is -0.351 e. The third kappa shape index (κ3) is 5.15. The average Bonchev–Trinajstić information content (AvgIpc) is 2.67. The van der Waals surface area contributed by atoms with Crippen LogP contribution in [0.1, 0.15) is 6.92 Å². The highest BCUT2D eigenvalue weighted by Crippen LogP contribution is 2.24. The van der Waals surface area contributed by atoms with Crippen molar-refractivity contribution in [1.82, 2.24) is 9.97 Å². The number of aromatic nitrogens is 2. The minimum absolute atomic E-state index is 0.114. The van der Waals surface area contributed by atoms with Gasteiger partial charge < -0.3 is 16.0 Å². The van der Waals surface area contributed by atoms with Gasteiger partial charge in [0.25, 0.3) is 0 Å². The summed E-state index contributed by atoms with van der Waals surface area (Å²) in [7, 11) is 0. The molecule has 0 aliphatic rings. The Morgan fingerprint density at radius 2 is 1.81 bits per heavy atom. The fraction of sp³-hybridized carbons (Fsp3) is 0.0952. The van der Waals surface area contributed by atoms with Gasteiger partial charge in [-0.1, -0.05) is 42.5 Å². The number of benzene rings is 2. The maximum Gasteiger partial charge on any atom is 0.225 e. The van der Waals surface area contributed by atoms with Gasteiger partial charge >= 0.3 is 0 Å². The highest BCUT2D eigenvalue weighted by Gasteiger charge is 2.07. The lowest BCUT2D eigenvalue weighted by atomic mass is 10.1. The largest absolute Gasteiger partial charge is 0.351 e. The van der Waals surface area contributed by atoms with Crippen LogP contribution in [0.25, 0.3) is 11.3 Å². The van der Waals surface area contributed by atoms with E-state index in [1.54, 1.807) is 6.08 Å². The van der Waals surface area contributed by atoms with Crippen molar-refractivity contribution in [3.05, 3.63) is 73.3 Å². The summed E-state index contributed by atoms with van der Waals surface area (Å²) in [6.07, 6.45) is 1.75. The Bertz CT molecular complexity index is 940. The number of hydrogen-bond donors (Lipinski definition) is 3. The minimum atomic E-state index is -0.114. The van der Waals surface area contributed by atoms with Crippen LogP contribution in [0.3, 0.4) is 0 Å². The SMILES string of the molecule is C=CCNc1nc(Nc2cccc(NC(C)=O)c2)cc(-c2ccccc2)n1. The number of hydrogen-bond acceptors (Lipinski definition) is 5. The number of anilines is 4. The molecule has 0 atom stereocenters. The number of amides is 1. The normalized spacial score (nSPS) is 10.1. The predicted molar refractivity (Wildman–Crippen MR) is 110 cm³/mol. The van der Waals surface area contributed by atoms with Crippen molar-refractivity contribution in [3.8, 4) is 11.3 Å². The van der Waals surface area contributed by atoms with Crippen LogP contribution >= 0.6 is 0 Å². The lowest BCUT2D eigenvalue weighted by Gasteiger charge is -2.12. The average molecular weight is 359 g/mol. The van der Waals surface area contributed by atoms with Gasteiger partial charge in [0.15, 0.2) is 0 Å². The predicted octanol–water partition coefficient (Wildman–Crippen LogP) is 4.44. The summed E-state index contributed by atoms with van der Waals surface area (Å²) in [5, 5.41) is 9.18. The number of carbonyl (C=O) groups is 1. The molecule has 6 heteroatoms. The molecule has 0 aliphatic carbocycles. The van der Waals surface area contributed by atoms with E-state index in [1.165, 1.54) is 6.92 Å². The molecule has 0 saturated carbocycles. The van der Waals surface area contributed by atoms with Gasteiger partial charge in [0.1, 0.15) is 5.82 Å². The maximum absolute atomic E-state index is 11.3. The van der Waals surface area contributed by atoms with E-state index in [0.717, 1.165) is 22.6 Å². The molecule has 3 rings (SSSR count). The molecule has 0 spiro atoms. The van der Waals surface area contributed by atoms with E-state index in [-0.39, 0.29) is 5.91 Å². The molecule has 1 amide bonds. The zero-order valence-corrected chi connectivity index (χ0v) is 15.1. The number of carbonyl (C=O) groups excluding carboxylic acids is 1. The fourth-order valence-corrected chi connectivity index (χ4v) is 2.54. The van der Waals surface area contributed by atoms with E-state index in [9.17, 15) is 4.79 Å². The molecular formula is C21H21N5O. The van der Waals surface area contributed by atoms with Gasteiger partial charge in [-0.05, 0) is 18.2 Å². The Hall–Kier alpha value is -3.67. The van der Waals surface area contributed by atoms with Crippen LogP contribution in [-0.4, -0.2) is 22.4 Å². The van der Waals surface area contributed by atoms with E-state index in [1.807, 2.05) is 60.7 Å². The van der Waals surface area contributed by atoms with Crippen LogP contribution in [0.4, 0.5) is 23.1 Å². The van der Waals surface area contributed by atoms with Crippen molar-refractivity contribution in [2.24, 2.45) is 0 Å². The number of nitrogens with one attached hydrogen (secondary N) is 3. The van der Waals surface area contributed by atoms with Crippen molar-refractivity contribution in [2.45, 2.75) is 6.92 Å². The molecule has 6 nitrogen and oxygen atoms in total. The van der Waals surface area contributed by atoms with Gasteiger partial charge in [0.05, 0.1) is 5.69 Å². The zero-order chi connectivity index (χ0) is 19.1. The van der Waals surface area contributed by atoms with Crippen LogP contribution in [-0.2, 0) is 4.79 Å². The molecule has 1 aromatic heterocycles. The Balaban J connectivity index is 1.92. The molecule has 0 fully saturated rings. The van der Waals surface area contributed by atoms with Crippen LogP contribution < -0.4 is 16.0 Å². The molecule has 0 radical (unpaired) electrons. The first-order valence-electron chi connectivity index (χ1n) is 8.58. The molecule has 0 unspecified atom stereocenters. The molecule has 3 N–H and O–H groups in total. The van der Waals surface area contributed by atoms with E-state index < -0.39 is 0 Å². The highest BCUT2D eigenvalue weighted by molar-refractivity contribution is 5.89. The molecule has 0 aliphatic heterocycles. The quantitative estimate of drug-likeness (QED) is 0.543. The number of nitrogens with zero attached hydrogens (tertiary/aromatic N) is 2. The molecule has 0 bridgehead atoms. The summed E-state index contributed by atoms with van der Waals surface area (Å²) in [6.45, 7) is 5.76. The summed E-state index contributed by atoms with van der Waals surface area (Å²) < 4.78 is 0. The first-order valence-corrected chi connectivity index (χ1v) is 8.58. The van der Waals surface area contributed by atoms with Gasteiger partial charge in [-0.2, -0.15) is 4.98 Å². The van der Waals surface area contributed by atoms with Crippen molar-refractivity contribution in [3.63, 3.8) is 0 Å². The summed E-state index contributed by atoms with van der Waals surface area (Å²) in [5.41, 5.74) is 3.33. The second kappa shape index (κ2) is 8.62. The molecular weight excluding hydrogens is 338 g/mol. The van der Waals surface area contributed by atoms with Gasteiger partial charge in [0, 0.05) is 36.5 Å². The first-order chi connectivity index (χ1) is 13.1. The smallest absolute Gasteiger partial charge is 0.225 e. The van der Waals surface area contributed by atoms with Gasteiger partial charge in [-0.3, -0.25) is 4.79 Å². The van der Waals surface area contributed by atoms with Crippen molar-refractivity contribution in [1.29, 1.82) is 0 Å². The van der Waals surface area contributed by atoms with E-state index in [2.05, 4.69) is 32.5 Å². The molecule has 1 heterocycles. The van der Waals surface area contributed by atoms with E-state index in [4.69, 9.17) is 0 Å². The van der Waals surface area contributed by atoms with Crippen LogP contribution in [0.5, 0.6) is 0 Å². The molecule has 3 aromatic rings. The monoisotopic (exact) mass is 359 g/mol. The molecule has 0 saturated heterocycles. The topological polar surface area (TPSA) is 78.9 Å². The standard InChI is InChI=1S/C21H21N5O/c1-3-12-22-21-25-19(16-8-5-4-6-9-16)14-20(26-21)24-18-11-7-10-17(13-18)23-15(2)27/h3-11,13-14H,1,12H2,2H3,(H,23,27)(H2,22,24,25,26). The van der Waals surface area contributed by atoms with Crippen LogP contribution in [0.2, 0.25) is 0 Å². The Morgan fingerprint density at radius 3 is 2.56 bits per heavy atom. The molecule has 136 valence electrons. The Kier molecular flexibility index (Phi) is 5.79.